The molecule has 0 radical (unpaired) electrons. The zero-order valence-electron chi connectivity index (χ0n) is 58.6. The minimum Gasteiger partial charge on any atom is -0.456 e. The van der Waals surface area contributed by atoms with Crippen LogP contribution in [0.2, 0.25) is 0 Å². The van der Waals surface area contributed by atoms with Crippen LogP contribution in [-0.2, 0) is 27.9 Å². The summed E-state index contributed by atoms with van der Waals surface area (Å²) in [5.41, 5.74) is 13.0. The van der Waals surface area contributed by atoms with Gasteiger partial charge in [-0.1, -0.05) is 182 Å². The van der Waals surface area contributed by atoms with E-state index >= 15 is 0 Å². The highest BCUT2D eigenvalue weighted by atomic mass is 16.7. The van der Waals surface area contributed by atoms with Crippen LogP contribution in [0.5, 0.6) is 0 Å². The summed E-state index contributed by atoms with van der Waals surface area (Å²) in [6.45, 7) is 25.0. The summed E-state index contributed by atoms with van der Waals surface area (Å²) in [7, 11) is -1.18. The fraction of sp³-hybridized carbons (Fsp3) is 0.205. The molecule has 12 heteroatoms. The molecule has 0 amide bonds. The second kappa shape index (κ2) is 23.4. The van der Waals surface area contributed by atoms with E-state index in [1.807, 2.05) is 18.2 Å². The lowest BCUT2D eigenvalue weighted by molar-refractivity contribution is 0.00578. The molecule has 3 fully saturated rings. The van der Waals surface area contributed by atoms with Crippen LogP contribution in [0, 0.1) is 0 Å². The minimum atomic E-state index is -0.449. The van der Waals surface area contributed by atoms with Gasteiger partial charge in [0.15, 0.2) is 0 Å². The first-order valence-electron chi connectivity index (χ1n) is 34.8. The second-order valence-corrected chi connectivity index (χ2v) is 30.3. The molecule has 3 aliphatic heterocycles. The van der Waals surface area contributed by atoms with E-state index in [0.717, 1.165) is 115 Å². The molecule has 3 aliphatic rings. The number of benzene rings is 13. The molecule has 0 bridgehead atoms. The fourth-order valence-electron chi connectivity index (χ4n) is 14.4. The topological polar surface area (TPSA) is 94.8 Å². The van der Waals surface area contributed by atoms with Crippen molar-refractivity contribution in [1.29, 1.82) is 0 Å². The molecule has 3 saturated heterocycles. The maximum Gasteiger partial charge on any atom is 0.495 e. The Labute approximate surface area is 583 Å². The Bertz CT molecular complexity index is 5900. The molecule has 13 aromatic carbocycles. The Morgan fingerprint density at radius 1 is 0.230 bits per heavy atom. The Hall–Kier alpha value is -9.75. The summed E-state index contributed by atoms with van der Waals surface area (Å²) in [5, 5.41) is 16.4. The summed E-state index contributed by atoms with van der Waals surface area (Å²) >= 11 is 0. The summed E-state index contributed by atoms with van der Waals surface area (Å²) in [5.74, 6) is 0. The van der Waals surface area contributed by atoms with Gasteiger partial charge >= 0.3 is 21.4 Å². The zero-order chi connectivity index (χ0) is 68.8. The SMILES string of the molecule is CC1(C)OB(c2ccc3cc(-c4ccc5c(c4)oc4cc6ccccc6cc45)ccc3c2)OC1(C)C.CC1(C)OB(c2cccc(-c3ccc4c(c3)oc3cc5ccccc5cc34)c2)OC1(C)C.CC1(C)OB(c2ccccc2-c2c3ccccc3cc3c2oc2ccccc23)OC1(C)C. The summed E-state index contributed by atoms with van der Waals surface area (Å²) in [6, 6.07) is 87.2. The van der Waals surface area contributed by atoms with E-state index in [0.29, 0.717) is 0 Å². The predicted octanol–water partition coefficient (Wildman–Crippen LogP) is 21.3. The Morgan fingerprint density at radius 2 is 0.620 bits per heavy atom. The van der Waals surface area contributed by atoms with Gasteiger partial charge in [0.2, 0.25) is 0 Å². The Kier molecular flexibility index (Phi) is 14.9. The highest BCUT2D eigenvalue weighted by Crippen LogP contribution is 2.45. The van der Waals surface area contributed by atoms with Gasteiger partial charge in [-0.3, -0.25) is 0 Å². The van der Waals surface area contributed by atoms with Crippen LogP contribution in [0.4, 0.5) is 0 Å². The third-order valence-corrected chi connectivity index (χ3v) is 22.3. The van der Waals surface area contributed by atoms with E-state index in [1.165, 1.54) is 43.3 Å². The normalized spacial score (nSPS) is 17.4. The molecule has 0 unspecified atom stereocenters. The molecule has 3 aromatic heterocycles. The molecule has 100 heavy (non-hydrogen) atoms. The smallest absolute Gasteiger partial charge is 0.456 e. The van der Waals surface area contributed by atoms with Crippen molar-refractivity contribution in [2.75, 3.05) is 0 Å². The third-order valence-electron chi connectivity index (χ3n) is 22.3. The Balaban J connectivity index is 0.000000112. The lowest BCUT2D eigenvalue weighted by Crippen LogP contribution is -2.41. The molecule has 0 N–H and O–H groups in total. The van der Waals surface area contributed by atoms with Gasteiger partial charge in [-0.25, -0.2) is 0 Å². The molecule has 0 spiro atoms. The van der Waals surface area contributed by atoms with E-state index < -0.39 is 18.3 Å². The van der Waals surface area contributed by atoms with Gasteiger partial charge in [0, 0.05) is 37.9 Å². The lowest BCUT2D eigenvalue weighted by atomic mass is 9.73. The van der Waals surface area contributed by atoms with Crippen molar-refractivity contribution in [1.82, 2.24) is 0 Å². The average Bonchev–Trinajstić information content (AvgIpc) is 1.51. The van der Waals surface area contributed by atoms with E-state index in [-0.39, 0.29) is 36.6 Å². The van der Waals surface area contributed by atoms with Crippen molar-refractivity contribution in [3.05, 3.63) is 249 Å². The molecule has 492 valence electrons. The van der Waals surface area contributed by atoms with Gasteiger partial charge in [0.05, 0.1) is 33.6 Å². The monoisotopic (exact) mass is 1310 g/mol. The second-order valence-electron chi connectivity index (χ2n) is 30.3. The highest BCUT2D eigenvalue weighted by molar-refractivity contribution is 6.64. The maximum atomic E-state index is 6.46. The van der Waals surface area contributed by atoms with Crippen molar-refractivity contribution in [3.63, 3.8) is 0 Å². The number of furan rings is 3. The van der Waals surface area contributed by atoms with E-state index in [1.54, 1.807) is 0 Å². The van der Waals surface area contributed by atoms with Crippen molar-refractivity contribution < 1.29 is 41.2 Å². The first kappa shape index (κ1) is 63.7. The van der Waals surface area contributed by atoms with Crippen molar-refractivity contribution in [2.24, 2.45) is 0 Å². The standard InChI is InChI=1S/C32H27BO3.2C28H25BO3/c1-31(2)32(3,4)36-33(35-31)26-13-11-23-15-22(9-10-24(23)16-26)25-12-14-27-28-17-20-7-5-6-8-21(20)18-30(28)34-29(27)19-25;1-27(2)28(3,4)32-29(31-27)23-15-9-7-14-21(23)25-19-12-6-5-11-18(19)17-22-20-13-8-10-16-24(20)30-26(22)25;1-27(2)28(3,4)32-29(31-27)22-11-7-10-18(14-22)21-12-13-23-24-15-19-8-5-6-9-20(19)16-26(24)30-25(23)17-21/h5-19H,1-4H3;2*5-17H,1-4H3. The van der Waals surface area contributed by atoms with Crippen LogP contribution >= 0.6 is 0 Å². The minimum absolute atomic E-state index is 0.349. The van der Waals surface area contributed by atoms with Crippen LogP contribution in [0.15, 0.2) is 262 Å². The fourth-order valence-corrected chi connectivity index (χ4v) is 14.4. The van der Waals surface area contributed by atoms with Crippen LogP contribution in [0.3, 0.4) is 0 Å². The maximum absolute atomic E-state index is 6.46. The molecular formula is C88H77B3O9. The number of hydrogen-bond donors (Lipinski definition) is 0. The van der Waals surface area contributed by atoms with Crippen LogP contribution < -0.4 is 16.4 Å². The van der Waals surface area contributed by atoms with Crippen molar-refractivity contribution >= 4 is 147 Å². The van der Waals surface area contributed by atoms with E-state index in [4.69, 9.17) is 41.2 Å². The van der Waals surface area contributed by atoms with Crippen molar-refractivity contribution in [2.45, 2.75) is 117 Å². The molecular weight excluding hydrogens is 1230 g/mol. The molecule has 0 saturated carbocycles. The number of fused-ring (bicyclic) bond motifs is 13. The molecule has 6 heterocycles. The van der Waals surface area contributed by atoms with Gasteiger partial charge < -0.3 is 41.2 Å². The van der Waals surface area contributed by atoms with Crippen LogP contribution in [0.25, 0.3) is 142 Å². The van der Waals surface area contributed by atoms with Crippen LogP contribution in [0.1, 0.15) is 83.1 Å². The first-order valence-corrected chi connectivity index (χ1v) is 34.8. The summed E-state index contributed by atoms with van der Waals surface area (Å²) in [4.78, 5) is 0. The molecule has 16 aromatic rings. The van der Waals surface area contributed by atoms with Crippen LogP contribution in [-0.4, -0.2) is 55.0 Å². The lowest BCUT2D eigenvalue weighted by Gasteiger charge is -2.32. The summed E-state index contributed by atoms with van der Waals surface area (Å²) in [6.07, 6.45) is 0. The molecule has 9 nitrogen and oxygen atoms in total. The number of para-hydroxylation sites is 1. The molecule has 0 aliphatic carbocycles. The van der Waals surface area contributed by atoms with Gasteiger partial charge in [-0.05, 0) is 237 Å². The van der Waals surface area contributed by atoms with Gasteiger partial charge in [-0.15, -0.1) is 0 Å². The first-order chi connectivity index (χ1) is 47.9. The van der Waals surface area contributed by atoms with E-state index in [2.05, 4.69) is 314 Å². The number of rotatable bonds is 6. The van der Waals surface area contributed by atoms with Gasteiger partial charge in [0.25, 0.3) is 0 Å². The van der Waals surface area contributed by atoms with E-state index in [9.17, 15) is 0 Å². The molecule has 0 atom stereocenters. The Morgan fingerprint density at radius 3 is 1.19 bits per heavy atom. The number of hydrogen-bond acceptors (Lipinski definition) is 9. The zero-order valence-corrected chi connectivity index (χ0v) is 58.6. The largest absolute Gasteiger partial charge is 0.495 e. The molecule has 19 rings (SSSR count). The van der Waals surface area contributed by atoms with Gasteiger partial charge in [-0.2, -0.15) is 0 Å². The quantitative estimate of drug-likeness (QED) is 0.151. The highest BCUT2D eigenvalue weighted by Gasteiger charge is 2.54. The van der Waals surface area contributed by atoms with Crippen molar-refractivity contribution in [3.8, 4) is 33.4 Å². The average molecular weight is 1310 g/mol. The van der Waals surface area contributed by atoms with Gasteiger partial charge in [0.1, 0.15) is 33.5 Å². The summed E-state index contributed by atoms with van der Waals surface area (Å²) < 4.78 is 56.9. The predicted molar refractivity (Wildman–Crippen MR) is 415 cm³/mol. The third kappa shape index (κ3) is 10.9.